The molecule has 2 saturated heterocycles. The fourth-order valence-electron chi connectivity index (χ4n) is 8.46. The molecule has 18 heteroatoms. The minimum atomic E-state index is -0.774. The topological polar surface area (TPSA) is 237 Å². The summed E-state index contributed by atoms with van der Waals surface area (Å²) < 4.78 is 17.0. The maximum atomic E-state index is 13.4. The Morgan fingerprint density at radius 3 is 1.89 bits per heavy atom. The maximum absolute atomic E-state index is 13.4. The first kappa shape index (κ1) is 61.0. The Balaban J connectivity index is 1.23. The van der Waals surface area contributed by atoms with Crippen LogP contribution in [0.25, 0.3) is 0 Å². The molecule has 2 fully saturated rings. The number of nitrogens with one attached hydrogen (secondary N) is 5. The van der Waals surface area contributed by atoms with Gasteiger partial charge in [-0.1, -0.05) is 45.4 Å². The molecule has 3 heterocycles. The number of Topliss-reactive ketones (excluding diaryl/α,β-unsaturated/α-hetero) is 5. The molecule has 4 atom stereocenters. The Hall–Kier alpha value is -4.26. The van der Waals surface area contributed by atoms with Crippen LogP contribution in [0.15, 0.2) is 18.3 Å². The molecule has 0 spiro atoms. The van der Waals surface area contributed by atoms with Crippen LogP contribution in [0.5, 0.6) is 0 Å². The van der Waals surface area contributed by atoms with E-state index in [4.69, 9.17) is 14.2 Å². The van der Waals surface area contributed by atoms with Crippen LogP contribution in [0.2, 0.25) is 0 Å². The van der Waals surface area contributed by atoms with E-state index in [0.29, 0.717) is 119 Å². The van der Waals surface area contributed by atoms with Gasteiger partial charge in [0.1, 0.15) is 29.0 Å². The lowest BCUT2D eigenvalue weighted by Crippen LogP contribution is -2.41. The van der Waals surface area contributed by atoms with Gasteiger partial charge in [0.25, 0.3) is 5.91 Å². The number of aromatic nitrogens is 1. The number of pyridine rings is 1. The molecule has 71 heavy (non-hydrogen) atoms. The van der Waals surface area contributed by atoms with Crippen LogP contribution in [0.1, 0.15) is 185 Å². The van der Waals surface area contributed by atoms with E-state index in [2.05, 4.69) is 38.5 Å². The van der Waals surface area contributed by atoms with Crippen molar-refractivity contribution in [1.82, 2.24) is 26.3 Å². The van der Waals surface area contributed by atoms with Crippen molar-refractivity contribution < 1.29 is 52.6 Å². The summed E-state index contributed by atoms with van der Waals surface area (Å²) in [5.74, 6) is 1.28. The second-order valence-electron chi connectivity index (χ2n) is 18.9. The molecular formula is C53H86N6O11S. The van der Waals surface area contributed by atoms with Gasteiger partial charge in [-0.05, 0) is 89.7 Å². The van der Waals surface area contributed by atoms with Crippen LogP contribution in [-0.2, 0) is 43.0 Å². The normalized spacial score (nSPS) is 16.4. The fraction of sp³-hybridized carbons (Fsp3) is 0.755. The van der Waals surface area contributed by atoms with Crippen molar-refractivity contribution in [3.8, 4) is 0 Å². The first-order valence-corrected chi connectivity index (χ1v) is 27.8. The van der Waals surface area contributed by atoms with E-state index in [9.17, 15) is 38.4 Å². The van der Waals surface area contributed by atoms with E-state index in [1.807, 2.05) is 11.8 Å². The summed E-state index contributed by atoms with van der Waals surface area (Å²) in [4.78, 5) is 103. The number of unbranched alkanes of at least 4 members (excludes halogenated alkanes) is 9. The molecule has 0 aromatic carbocycles. The highest BCUT2D eigenvalue weighted by atomic mass is 32.2. The Morgan fingerprint density at radius 2 is 1.25 bits per heavy atom. The van der Waals surface area contributed by atoms with Gasteiger partial charge < -0.3 is 40.8 Å². The number of rotatable bonds is 46. The third-order valence-corrected chi connectivity index (χ3v) is 14.2. The Morgan fingerprint density at radius 1 is 0.676 bits per heavy atom. The van der Waals surface area contributed by atoms with Crippen molar-refractivity contribution in [3.05, 3.63) is 23.9 Å². The lowest BCUT2D eigenvalue weighted by Gasteiger charge is -2.18. The van der Waals surface area contributed by atoms with Gasteiger partial charge in [0.05, 0.1) is 56.7 Å². The first-order chi connectivity index (χ1) is 34.4. The van der Waals surface area contributed by atoms with E-state index in [1.54, 1.807) is 12.1 Å². The molecule has 2 aliphatic rings. The minimum absolute atomic E-state index is 0.0344. The number of carbonyl (C=O) groups excluding carboxylic acids is 8. The van der Waals surface area contributed by atoms with Crippen LogP contribution in [0.4, 0.5) is 10.6 Å². The SMILES string of the molecule is CCCCCCC(=O)CCCCCCC(=O)N[C@@H](CCC(=O)CCCNC(=O)c1ccc(NCC(C)=O)nc1)C(=O)CCCCOCCOCCOCCCCC(=O)CCCC[C@@H]1SC[C@@H]2NC(=O)N[C@@H]21. The second kappa shape index (κ2) is 38.4. The molecule has 5 N–H and O–H groups in total. The van der Waals surface area contributed by atoms with Gasteiger partial charge in [0, 0.05) is 88.3 Å². The quantitative estimate of drug-likeness (QED) is 0.0313. The summed E-state index contributed by atoms with van der Waals surface area (Å²) in [6.45, 7) is 6.82. The highest BCUT2D eigenvalue weighted by Gasteiger charge is 2.42. The Labute approximate surface area is 427 Å². The third kappa shape index (κ3) is 29.1. The van der Waals surface area contributed by atoms with Gasteiger partial charge >= 0.3 is 6.03 Å². The zero-order valence-electron chi connectivity index (χ0n) is 42.9. The molecule has 400 valence electrons. The lowest BCUT2D eigenvalue weighted by molar-refractivity contribution is -0.128. The van der Waals surface area contributed by atoms with Crippen LogP contribution in [-0.4, -0.2) is 134 Å². The number of carbonyl (C=O) groups is 8. The van der Waals surface area contributed by atoms with Gasteiger partial charge in [0.15, 0.2) is 5.78 Å². The Kier molecular flexibility index (Phi) is 33.0. The molecule has 4 amide bonds. The highest BCUT2D eigenvalue weighted by Crippen LogP contribution is 2.33. The van der Waals surface area contributed by atoms with Crippen molar-refractivity contribution in [2.45, 2.75) is 198 Å². The van der Waals surface area contributed by atoms with Crippen molar-refractivity contribution in [2.75, 3.05) is 63.8 Å². The first-order valence-electron chi connectivity index (χ1n) is 26.7. The van der Waals surface area contributed by atoms with Gasteiger partial charge in [-0.2, -0.15) is 11.8 Å². The number of ketones is 5. The number of thioether (sulfide) groups is 1. The van der Waals surface area contributed by atoms with Crippen molar-refractivity contribution in [1.29, 1.82) is 0 Å². The molecule has 0 bridgehead atoms. The van der Waals surface area contributed by atoms with Crippen LogP contribution >= 0.6 is 11.8 Å². The molecular weight excluding hydrogens is 929 g/mol. The lowest BCUT2D eigenvalue weighted by atomic mass is 9.99. The summed E-state index contributed by atoms with van der Waals surface area (Å²) in [6.07, 6.45) is 18.6. The van der Waals surface area contributed by atoms with Crippen molar-refractivity contribution >= 4 is 64.3 Å². The molecule has 1 aromatic heterocycles. The van der Waals surface area contributed by atoms with E-state index in [0.717, 1.165) is 82.8 Å². The van der Waals surface area contributed by atoms with Crippen molar-refractivity contribution in [2.24, 2.45) is 0 Å². The molecule has 0 radical (unpaired) electrons. The fourth-order valence-corrected chi connectivity index (χ4v) is 10.0. The monoisotopic (exact) mass is 1010 g/mol. The summed E-state index contributed by atoms with van der Waals surface area (Å²) in [6, 6.07) is 2.83. The number of nitrogens with zero attached hydrogens (tertiary/aromatic N) is 1. The van der Waals surface area contributed by atoms with Gasteiger partial charge in [-0.3, -0.25) is 33.6 Å². The maximum Gasteiger partial charge on any atom is 0.315 e. The number of anilines is 1. The zero-order chi connectivity index (χ0) is 51.3. The Bertz CT molecular complexity index is 1750. The van der Waals surface area contributed by atoms with E-state index in [-0.39, 0.29) is 92.5 Å². The highest BCUT2D eigenvalue weighted by molar-refractivity contribution is 8.00. The summed E-state index contributed by atoms with van der Waals surface area (Å²) >= 11 is 1.91. The molecule has 1 aromatic rings. The summed E-state index contributed by atoms with van der Waals surface area (Å²) in [5.41, 5.74) is 0.356. The standard InChI is InChI=1S/C53H86N6O11S/c1-3-4-5-8-18-42(61)19-9-6-7-10-25-50(65)57-45(28-27-44(63)22-17-30-54-52(66)41-26-29-49(56-38-41)55-37-40(2)60)47(64)23-14-16-32-69-34-36-70-35-33-68-31-15-13-21-43(62)20-11-12-24-48-51-46(39-71-48)58-53(67)59-51/h26,29,38,45-46,48,51H,3-25,27-28,30-37,39H2,1-2H3,(H,54,66)(H,55,56)(H,57,65)(H2,58,59,67)/t45-,46-,48-,51-/m0/s1. The smallest absolute Gasteiger partial charge is 0.315 e. The molecule has 3 rings (SSSR count). The van der Waals surface area contributed by atoms with E-state index < -0.39 is 6.04 Å². The number of urea groups is 1. The molecule has 0 saturated carbocycles. The number of fused-ring (bicyclic) bond motifs is 1. The average Bonchev–Trinajstić information content (AvgIpc) is 3.92. The number of ether oxygens (including phenoxy) is 3. The number of hydrogen-bond donors (Lipinski definition) is 5. The summed E-state index contributed by atoms with van der Waals surface area (Å²) in [7, 11) is 0. The second-order valence-corrected chi connectivity index (χ2v) is 20.2. The molecule has 0 unspecified atom stereocenters. The van der Waals surface area contributed by atoms with Crippen LogP contribution in [0, 0.1) is 0 Å². The molecule has 2 aliphatic heterocycles. The number of amides is 4. The molecule has 0 aliphatic carbocycles. The van der Waals surface area contributed by atoms with Crippen LogP contribution in [0.3, 0.4) is 0 Å². The molecule has 17 nitrogen and oxygen atoms in total. The van der Waals surface area contributed by atoms with Gasteiger partial charge in [-0.15, -0.1) is 0 Å². The number of hydrogen-bond acceptors (Lipinski definition) is 14. The minimum Gasteiger partial charge on any atom is -0.379 e. The van der Waals surface area contributed by atoms with Gasteiger partial charge in [0.2, 0.25) is 5.91 Å². The average molecular weight is 1020 g/mol. The van der Waals surface area contributed by atoms with E-state index >= 15 is 0 Å². The predicted molar refractivity (Wildman–Crippen MR) is 277 cm³/mol. The van der Waals surface area contributed by atoms with Gasteiger partial charge in [-0.25, -0.2) is 9.78 Å². The third-order valence-electron chi connectivity index (χ3n) is 12.6. The zero-order valence-corrected chi connectivity index (χ0v) is 43.7. The predicted octanol–water partition coefficient (Wildman–Crippen LogP) is 7.56. The van der Waals surface area contributed by atoms with Crippen LogP contribution < -0.4 is 26.6 Å². The summed E-state index contributed by atoms with van der Waals surface area (Å²) in [5, 5.41) is 15.0. The van der Waals surface area contributed by atoms with Crippen molar-refractivity contribution in [3.63, 3.8) is 0 Å². The largest absolute Gasteiger partial charge is 0.379 e. The van der Waals surface area contributed by atoms with E-state index in [1.165, 1.54) is 13.1 Å².